The number of piperazine rings is 1. The van der Waals surface area contributed by atoms with Crippen molar-refractivity contribution in [3.05, 3.63) is 65.0 Å². The highest BCUT2D eigenvalue weighted by atomic mass is 19.1. The molecule has 4 heteroatoms. The minimum absolute atomic E-state index is 0.128. The summed E-state index contributed by atoms with van der Waals surface area (Å²) >= 11 is 0. The van der Waals surface area contributed by atoms with Crippen molar-refractivity contribution >= 4 is 11.6 Å². The first kappa shape index (κ1) is 15.2. The summed E-state index contributed by atoms with van der Waals surface area (Å²) in [5.41, 5.74) is 4.56. The quantitative estimate of drug-likeness (QED) is 0.846. The molecule has 0 aromatic heterocycles. The Morgan fingerprint density at radius 2 is 1.58 bits per heavy atom. The number of halogens is 1. The molecule has 1 saturated heterocycles. The molecule has 1 aliphatic heterocycles. The second kappa shape index (κ2) is 6.27. The van der Waals surface area contributed by atoms with Crippen LogP contribution in [0.15, 0.2) is 42.5 Å². The van der Waals surface area contributed by atoms with E-state index in [9.17, 15) is 9.18 Å². The number of benzene rings is 2. The van der Waals surface area contributed by atoms with Crippen LogP contribution in [0.4, 0.5) is 10.1 Å². The van der Waals surface area contributed by atoms with Gasteiger partial charge in [-0.25, -0.2) is 4.39 Å². The normalized spacial score (nSPS) is 17.0. The van der Waals surface area contributed by atoms with Gasteiger partial charge in [0.25, 0.3) is 5.91 Å². The Hall–Kier alpha value is -2.36. The van der Waals surface area contributed by atoms with Crippen LogP contribution in [0.25, 0.3) is 0 Å². The minimum atomic E-state index is -0.218. The van der Waals surface area contributed by atoms with E-state index in [-0.39, 0.29) is 11.7 Å². The molecule has 0 bridgehead atoms. The van der Waals surface area contributed by atoms with Crippen LogP contribution in [0, 0.1) is 5.82 Å². The van der Waals surface area contributed by atoms with Crippen molar-refractivity contribution in [2.75, 3.05) is 31.1 Å². The number of carbonyl (C=O) groups excluding carboxylic acids is 1. The van der Waals surface area contributed by atoms with E-state index in [4.69, 9.17) is 0 Å². The molecular formula is C20H21FN2O. The molecule has 0 radical (unpaired) electrons. The molecular weight excluding hydrogens is 303 g/mol. The Bertz CT molecular complexity index is 749. The molecule has 2 aromatic carbocycles. The van der Waals surface area contributed by atoms with Gasteiger partial charge in [-0.3, -0.25) is 4.79 Å². The molecule has 24 heavy (non-hydrogen) atoms. The van der Waals surface area contributed by atoms with Crippen LogP contribution >= 0.6 is 0 Å². The molecule has 0 unspecified atom stereocenters. The molecule has 1 aliphatic carbocycles. The second-order valence-corrected chi connectivity index (χ2v) is 6.59. The Balaban J connectivity index is 1.42. The number of amides is 1. The van der Waals surface area contributed by atoms with E-state index in [1.54, 1.807) is 12.1 Å². The lowest BCUT2D eigenvalue weighted by Gasteiger charge is -2.36. The molecule has 0 N–H and O–H groups in total. The van der Waals surface area contributed by atoms with E-state index in [0.717, 1.165) is 37.2 Å². The van der Waals surface area contributed by atoms with Gasteiger partial charge in [0.2, 0.25) is 0 Å². The molecule has 0 spiro atoms. The minimum Gasteiger partial charge on any atom is -0.368 e. The predicted octanol–water partition coefficient (Wildman–Crippen LogP) is 3.28. The van der Waals surface area contributed by atoms with Crippen LogP contribution < -0.4 is 4.90 Å². The number of rotatable bonds is 2. The number of carbonyl (C=O) groups is 1. The van der Waals surface area contributed by atoms with E-state index < -0.39 is 0 Å². The third-order valence-corrected chi connectivity index (χ3v) is 5.10. The highest BCUT2D eigenvalue weighted by Crippen LogP contribution is 2.24. The zero-order valence-corrected chi connectivity index (χ0v) is 13.7. The summed E-state index contributed by atoms with van der Waals surface area (Å²) < 4.78 is 13.0. The van der Waals surface area contributed by atoms with Crippen LogP contribution in [-0.2, 0) is 12.8 Å². The van der Waals surface area contributed by atoms with Crippen LogP contribution in [0.3, 0.4) is 0 Å². The maximum atomic E-state index is 13.0. The van der Waals surface area contributed by atoms with Gasteiger partial charge in [-0.1, -0.05) is 6.07 Å². The van der Waals surface area contributed by atoms with Crippen molar-refractivity contribution in [2.45, 2.75) is 19.3 Å². The van der Waals surface area contributed by atoms with Crippen LogP contribution in [0.1, 0.15) is 27.9 Å². The molecule has 0 atom stereocenters. The zero-order chi connectivity index (χ0) is 16.5. The molecule has 2 aliphatic rings. The zero-order valence-electron chi connectivity index (χ0n) is 13.7. The van der Waals surface area contributed by atoms with Gasteiger partial charge in [0.05, 0.1) is 0 Å². The largest absolute Gasteiger partial charge is 0.368 e. The predicted molar refractivity (Wildman–Crippen MR) is 93.0 cm³/mol. The molecule has 3 nitrogen and oxygen atoms in total. The van der Waals surface area contributed by atoms with Gasteiger partial charge in [0.15, 0.2) is 0 Å². The van der Waals surface area contributed by atoms with E-state index in [1.165, 1.54) is 29.7 Å². The second-order valence-electron chi connectivity index (χ2n) is 6.59. The van der Waals surface area contributed by atoms with Crippen LogP contribution in [0.2, 0.25) is 0 Å². The Morgan fingerprint density at radius 3 is 2.33 bits per heavy atom. The average Bonchev–Trinajstić information content (AvgIpc) is 3.09. The third kappa shape index (κ3) is 2.88. The van der Waals surface area contributed by atoms with Crippen LogP contribution in [-0.4, -0.2) is 37.0 Å². The fraction of sp³-hybridized carbons (Fsp3) is 0.350. The van der Waals surface area contributed by atoms with E-state index in [2.05, 4.69) is 17.0 Å². The van der Waals surface area contributed by atoms with E-state index in [0.29, 0.717) is 13.1 Å². The van der Waals surface area contributed by atoms with Crippen molar-refractivity contribution in [1.82, 2.24) is 4.90 Å². The fourth-order valence-electron chi connectivity index (χ4n) is 3.71. The average molecular weight is 324 g/mol. The van der Waals surface area contributed by atoms with Crippen molar-refractivity contribution in [3.8, 4) is 0 Å². The molecule has 1 fully saturated rings. The summed E-state index contributed by atoms with van der Waals surface area (Å²) in [7, 11) is 0. The molecule has 0 saturated carbocycles. The number of nitrogens with zero attached hydrogens (tertiary/aromatic N) is 2. The van der Waals surface area contributed by atoms with Crippen molar-refractivity contribution < 1.29 is 9.18 Å². The summed E-state index contributed by atoms with van der Waals surface area (Å²) in [4.78, 5) is 16.9. The van der Waals surface area contributed by atoms with Crippen molar-refractivity contribution in [1.29, 1.82) is 0 Å². The molecule has 2 aromatic rings. The third-order valence-electron chi connectivity index (χ3n) is 5.10. The molecule has 1 heterocycles. The summed E-state index contributed by atoms with van der Waals surface area (Å²) in [6.07, 6.45) is 3.43. The first-order valence-corrected chi connectivity index (χ1v) is 8.62. The number of hydrogen-bond donors (Lipinski definition) is 0. The van der Waals surface area contributed by atoms with Crippen molar-refractivity contribution in [3.63, 3.8) is 0 Å². The topological polar surface area (TPSA) is 23.6 Å². The molecule has 1 amide bonds. The highest BCUT2D eigenvalue weighted by Gasteiger charge is 2.23. The lowest BCUT2D eigenvalue weighted by atomic mass is 10.1. The fourth-order valence-corrected chi connectivity index (χ4v) is 3.71. The number of hydrogen-bond acceptors (Lipinski definition) is 2. The summed E-state index contributed by atoms with van der Waals surface area (Å²) in [5.74, 6) is -0.0902. The molecule has 4 rings (SSSR count). The van der Waals surface area contributed by atoms with Gasteiger partial charge >= 0.3 is 0 Å². The first-order chi connectivity index (χ1) is 11.7. The summed E-state index contributed by atoms with van der Waals surface area (Å²) in [6, 6.07) is 12.7. The van der Waals surface area contributed by atoms with Gasteiger partial charge in [-0.2, -0.15) is 0 Å². The van der Waals surface area contributed by atoms with Gasteiger partial charge < -0.3 is 9.80 Å². The Morgan fingerprint density at radius 1 is 0.875 bits per heavy atom. The lowest BCUT2D eigenvalue weighted by molar-refractivity contribution is 0.0746. The Labute approximate surface area is 141 Å². The van der Waals surface area contributed by atoms with Gasteiger partial charge in [0, 0.05) is 37.4 Å². The number of fused-ring (bicyclic) bond motifs is 1. The first-order valence-electron chi connectivity index (χ1n) is 8.62. The number of aryl methyl sites for hydroxylation is 2. The number of anilines is 1. The highest BCUT2D eigenvalue weighted by molar-refractivity contribution is 5.94. The van der Waals surface area contributed by atoms with Crippen LogP contribution in [0.5, 0.6) is 0 Å². The van der Waals surface area contributed by atoms with E-state index >= 15 is 0 Å². The monoisotopic (exact) mass is 324 g/mol. The summed E-state index contributed by atoms with van der Waals surface area (Å²) in [6.45, 7) is 2.96. The smallest absolute Gasteiger partial charge is 0.253 e. The molecule has 124 valence electrons. The van der Waals surface area contributed by atoms with Crippen molar-refractivity contribution in [2.24, 2.45) is 0 Å². The van der Waals surface area contributed by atoms with Gasteiger partial charge in [-0.15, -0.1) is 0 Å². The van der Waals surface area contributed by atoms with E-state index in [1.807, 2.05) is 11.0 Å². The maximum Gasteiger partial charge on any atom is 0.253 e. The van der Waals surface area contributed by atoms with Gasteiger partial charge in [0.1, 0.15) is 5.82 Å². The standard InChI is InChI=1S/C20H21FN2O/c21-18-6-8-19(9-7-18)22-10-12-23(13-11-22)20(24)17-5-4-15-2-1-3-16(15)14-17/h4-9,14H,1-3,10-13H2. The maximum absolute atomic E-state index is 13.0. The lowest BCUT2D eigenvalue weighted by Crippen LogP contribution is -2.48. The summed E-state index contributed by atoms with van der Waals surface area (Å²) in [5, 5.41) is 0. The Kier molecular flexibility index (Phi) is 3.97. The van der Waals surface area contributed by atoms with Gasteiger partial charge in [-0.05, 0) is 66.8 Å². The SMILES string of the molecule is O=C(c1ccc2c(c1)CCC2)N1CCN(c2ccc(F)cc2)CC1.